The first-order valence-electron chi connectivity index (χ1n) is 8.88. The second-order valence-electron chi connectivity index (χ2n) is 7.08. The summed E-state index contributed by atoms with van der Waals surface area (Å²) in [5.74, 6) is 0.558. The van der Waals surface area contributed by atoms with E-state index in [1.165, 1.54) is 6.07 Å². The van der Waals surface area contributed by atoms with E-state index < -0.39 is 11.7 Å². The van der Waals surface area contributed by atoms with Gasteiger partial charge in [-0.05, 0) is 37.1 Å². The Kier molecular flexibility index (Phi) is 3.61. The van der Waals surface area contributed by atoms with Gasteiger partial charge in [0, 0.05) is 36.8 Å². The Morgan fingerprint density at radius 1 is 1.07 bits per heavy atom. The molecule has 2 unspecified atom stereocenters. The first-order valence-corrected chi connectivity index (χ1v) is 8.88. The Labute approximate surface area is 152 Å². The molecule has 5 heterocycles. The number of nitrogens with zero attached hydrogens (tertiary/aromatic N) is 4. The van der Waals surface area contributed by atoms with Crippen molar-refractivity contribution < 1.29 is 13.2 Å². The molecule has 2 fully saturated rings. The fourth-order valence-corrected chi connectivity index (χ4v) is 4.06. The molecular formula is C18H17F3N6. The van der Waals surface area contributed by atoms with Crippen molar-refractivity contribution in [1.82, 2.24) is 25.5 Å². The van der Waals surface area contributed by atoms with E-state index in [2.05, 4.69) is 30.4 Å². The third kappa shape index (κ3) is 2.82. The average Bonchev–Trinajstić information content (AvgIpc) is 3.23. The molecule has 3 aromatic rings. The standard InChI is InChI=1S/C18H17F3N6/c19-18(20,21)13-5-6-14(27-8-10-3-4-11(9-27)23-10)24-16(13)15-12-2-1-7-22-17(12)26-25-15/h1-2,5-7,10-11,23H,3-4,8-9H2,(H,22,25,26). The van der Waals surface area contributed by atoms with E-state index in [1.54, 1.807) is 18.3 Å². The van der Waals surface area contributed by atoms with E-state index in [-0.39, 0.29) is 11.4 Å². The van der Waals surface area contributed by atoms with E-state index in [9.17, 15) is 13.2 Å². The van der Waals surface area contributed by atoms with Crippen LogP contribution in [-0.4, -0.2) is 45.3 Å². The Bertz CT molecular complexity index is 986. The van der Waals surface area contributed by atoms with E-state index in [0.717, 1.165) is 32.0 Å². The SMILES string of the molecule is FC(F)(F)c1ccc(N2CC3CCC(C2)N3)nc1-c1[nH]nc2ncccc12. The topological polar surface area (TPSA) is 69.7 Å². The van der Waals surface area contributed by atoms with Crippen molar-refractivity contribution in [2.75, 3.05) is 18.0 Å². The molecule has 0 spiro atoms. The van der Waals surface area contributed by atoms with Gasteiger partial charge in [-0.15, -0.1) is 0 Å². The van der Waals surface area contributed by atoms with Gasteiger partial charge >= 0.3 is 6.18 Å². The number of alkyl halides is 3. The predicted molar refractivity (Wildman–Crippen MR) is 94.3 cm³/mol. The highest BCUT2D eigenvalue weighted by Crippen LogP contribution is 2.38. The first-order chi connectivity index (χ1) is 13.0. The Hall–Kier alpha value is -2.68. The molecule has 2 saturated heterocycles. The Morgan fingerprint density at radius 3 is 2.59 bits per heavy atom. The fourth-order valence-electron chi connectivity index (χ4n) is 4.06. The van der Waals surface area contributed by atoms with Crippen LogP contribution >= 0.6 is 0 Å². The summed E-state index contributed by atoms with van der Waals surface area (Å²) in [5.41, 5.74) is -0.307. The molecule has 27 heavy (non-hydrogen) atoms. The fraction of sp³-hybridized carbons (Fsp3) is 0.389. The van der Waals surface area contributed by atoms with Crippen LogP contribution in [0.4, 0.5) is 19.0 Å². The summed E-state index contributed by atoms with van der Waals surface area (Å²) in [6, 6.07) is 6.69. The van der Waals surface area contributed by atoms with Gasteiger partial charge in [-0.1, -0.05) is 0 Å². The van der Waals surface area contributed by atoms with Gasteiger partial charge in [-0.2, -0.15) is 18.3 Å². The number of piperazine rings is 1. The molecule has 9 heteroatoms. The maximum Gasteiger partial charge on any atom is 0.418 e. The molecule has 2 aliphatic heterocycles. The number of hydrogen-bond acceptors (Lipinski definition) is 5. The second kappa shape index (κ2) is 5.91. The van der Waals surface area contributed by atoms with E-state index in [4.69, 9.17) is 0 Å². The minimum atomic E-state index is -4.51. The number of fused-ring (bicyclic) bond motifs is 3. The lowest BCUT2D eigenvalue weighted by atomic mass is 10.1. The van der Waals surface area contributed by atoms with E-state index in [1.807, 2.05) is 0 Å². The highest BCUT2D eigenvalue weighted by atomic mass is 19.4. The Balaban J connectivity index is 1.63. The number of H-pyrrole nitrogens is 1. The molecule has 3 aromatic heterocycles. The van der Waals surface area contributed by atoms with Gasteiger partial charge in [0.05, 0.1) is 11.3 Å². The number of hydrogen-bond donors (Lipinski definition) is 2. The van der Waals surface area contributed by atoms with Crippen LogP contribution in [0, 0.1) is 0 Å². The smallest absolute Gasteiger partial charge is 0.353 e. The van der Waals surface area contributed by atoms with Crippen LogP contribution < -0.4 is 10.2 Å². The van der Waals surface area contributed by atoms with Crippen LogP contribution in [0.25, 0.3) is 22.4 Å². The molecule has 0 radical (unpaired) electrons. The van der Waals surface area contributed by atoms with Crippen molar-refractivity contribution in [1.29, 1.82) is 0 Å². The monoisotopic (exact) mass is 374 g/mol. The predicted octanol–water partition coefficient (Wildman–Crippen LogP) is 2.98. The molecule has 0 aliphatic carbocycles. The van der Waals surface area contributed by atoms with Gasteiger partial charge in [-0.25, -0.2) is 9.97 Å². The maximum absolute atomic E-state index is 13.6. The van der Waals surface area contributed by atoms with Crippen molar-refractivity contribution >= 4 is 16.9 Å². The summed E-state index contributed by atoms with van der Waals surface area (Å²) < 4.78 is 40.9. The Morgan fingerprint density at radius 2 is 1.85 bits per heavy atom. The lowest BCUT2D eigenvalue weighted by Crippen LogP contribution is -2.51. The molecule has 2 bridgehead atoms. The number of aromatic amines is 1. The van der Waals surface area contributed by atoms with Crippen LogP contribution in [0.5, 0.6) is 0 Å². The van der Waals surface area contributed by atoms with Gasteiger partial charge in [0.25, 0.3) is 0 Å². The number of halogens is 3. The summed E-state index contributed by atoms with van der Waals surface area (Å²) in [6.45, 7) is 1.50. The summed E-state index contributed by atoms with van der Waals surface area (Å²) in [4.78, 5) is 10.6. The summed E-state index contributed by atoms with van der Waals surface area (Å²) in [6.07, 6.45) is -0.780. The van der Waals surface area contributed by atoms with Crippen molar-refractivity contribution in [2.45, 2.75) is 31.1 Å². The number of pyridine rings is 2. The number of nitrogens with one attached hydrogen (secondary N) is 2. The summed E-state index contributed by atoms with van der Waals surface area (Å²) in [5, 5.41) is 10.8. The molecule has 2 aliphatic rings. The minimum absolute atomic E-state index is 0.138. The van der Waals surface area contributed by atoms with E-state index >= 15 is 0 Å². The number of aromatic nitrogens is 4. The lowest BCUT2D eigenvalue weighted by Gasteiger charge is -2.34. The molecule has 140 valence electrons. The second-order valence-corrected chi connectivity index (χ2v) is 7.08. The summed E-state index contributed by atoms with van der Waals surface area (Å²) >= 11 is 0. The molecule has 0 saturated carbocycles. The van der Waals surface area contributed by atoms with E-state index in [0.29, 0.717) is 28.9 Å². The zero-order chi connectivity index (χ0) is 18.6. The molecule has 6 nitrogen and oxygen atoms in total. The van der Waals surface area contributed by atoms with Crippen LogP contribution in [0.3, 0.4) is 0 Å². The van der Waals surface area contributed by atoms with Crippen LogP contribution in [0.1, 0.15) is 18.4 Å². The zero-order valence-electron chi connectivity index (χ0n) is 14.3. The zero-order valence-corrected chi connectivity index (χ0v) is 14.3. The molecule has 0 amide bonds. The third-order valence-electron chi connectivity index (χ3n) is 5.29. The third-order valence-corrected chi connectivity index (χ3v) is 5.29. The molecule has 0 aromatic carbocycles. The van der Waals surface area contributed by atoms with Crippen LogP contribution in [-0.2, 0) is 6.18 Å². The van der Waals surface area contributed by atoms with Crippen LogP contribution in [0.2, 0.25) is 0 Å². The van der Waals surface area contributed by atoms with Crippen molar-refractivity contribution in [3.63, 3.8) is 0 Å². The summed E-state index contributed by atoms with van der Waals surface area (Å²) in [7, 11) is 0. The van der Waals surface area contributed by atoms with Crippen molar-refractivity contribution in [3.05, 3.63) is 36.0 Å². The highest BCUT2D eigenvalue weighted by Gasteiger charge is 2.37. The largest absolute Gasteiger partial charge is 0.418 e. The first kappa shape index (κ1) is 16.5. The van der Waals surface area contributed by atoms with Crippen molar-refractivity contribution in [2.24, 2.45) is 0 Å². The quantitative estimate of drug-likeness (QED) is 0.722. The number of rotatable bonds is 2. The minimum Gasteiger partial charge on any atom is -0.353 e. The molecule has 2 atom stereocenters. The maximum atomic E-state index is 13.6. The highest BCUT2D eigenvalue weighted by molar-refractivity contribution is 5.90. The van der Waals surface area contributed by atoms with Gasteiger partial charge in [0.2, 0.25) is 0 Å². The molecule has 2 N–H and O–H groups in total. The van der Waals surface area contributed by atoms with Gasteiger partial charge in [0.1, 0.15) is 11.5 Å². The molecular weight excluding hydrogens is 357 g/mol. The normalized spacial score (nSPS) is 22.6. The van der Waals surface area contributed by atoms with Gasteiger partial charge in [-0.3, -0.25) is 5.10 Å². The van der Waals surface area contributed by atoms with Gasteiger partial charge < -0.3 is 10.2 Å². The van der Waals surface area contributed by atoms with Crippen LogP contribution in [0.15, 0.2) is 30.5 Å². The average molecular weight is 374 g/mol. The van der Waals surface area contributed by atoms with Crippen molar-refractivity contribution in [3.8, 4) is 11.4 Å². The lowest BCUT2D eigenvalue weighted by molar-refractivity contribution is -0.137. The molecule has 5 rings (SSSR count). The van der Waals surface area contributed by atoms with Gasteiger partial charge in [0.15, 0.2) is 5.65 Å². The number of anilines is 1.